The molecule has 1 aliphatic rings. The lowest BCUT2D eigenvalue weighted by atomic mass is 10.0. The molecule has 5 nitrogen and oxygen atoms in total. The molecule has 1 N–H and O–H groups in total. The second-order valence-electron chi connectivity index (χ2n) is 6.37. The molecule has 28 heavy (non-hydrogen) atoms. The molecule has 0 saturated carbocycles. The SMILES string of the molecule is CCOC(=O)C1=C(O)[C@@H](Cc2ccccc2)N(Cc2ccc(Cl)c(Cl)c2)C1=O. The molecule has 0 fully saturated rings. The summed E-state index contributed by atoms with van der Waals surface area (Å²) in [6.07, 6.45) is 0.364. The van der Waals surface area contributed by atoms with Crippen molar-refractivity contribution in [1.29, 1.82) is 0 Å². The number of hydrogen-bond acceptors (Lipinski definition) is 4. The lowest BCUT2D eigenvalue weighted by Gasteiger charge is -2.25. The van der Waals surface area contributed by atoms with Gasteiger partial charge in [-0.3, -0.25) is 4.79 Å². The van der Waals surface area contributed by atoms with E-state index in [-0.39, 0.29) is 24.5 Å². The van der Waals surface area contributed by atoms with Crippen molar-refractivity contribution in [1.82, 2.24) is 4.90 Å². The molecule has 0 aliphatic carbocycles. The lowest BCUT2D eigenvalue weighted by molar-refractivity contribution is -0.141. The van der Waals surface area contributed by atoms with Crippen LogP contribution in [0.15, 0.2) is 59.9 Å². The number of nitrogens with zero attached hydrogens (tertiary/aromatic N) is 1. The first-order chi connectivity index (χ1) is 13.4. The van der Waals surface area contributed by atoms with E-state index in [0.29, 0.717) is 16.5 Å². The Labute approximate surface area is 173 Å². The van der Waals surface area contributed by atoms with Crippen molar-refractivity contribution >= 4 is 35.1 Å². The summed E-state index contributed by atoms with van der Waals surface area (Å²) < 4.78 is 4.96. The van der Waals surface area contributed by atoms with Crippen LogP contribution in [0.2, 0.25) is 10.0 Å². The van der Waals surface area contributed by atoms with Gasteiger partial charge in [-0.2, -0.15) is 0 Å². The summed E-state index contributed by atoms with van der Waals surface area (Å²) >= 11 is 12.0. The van der Waals surface area contributed by atoms with E-state index in [9.17, 15) is 14.7 Å². The molecule has 0 bridgehead atoms. The third kappa shape index (κ3) is 4.16. The Hall–Kier alpha value is -2.50. The molecule has 1 aliphatic heterocycles. The number of amides is 1. The summed E-state index contributed by atoms with van der Waals surface area (Å²) in [7, 11) is 0. The highest BCUT2D eigenvalue weighted by Gasteiger charge is 2.43. The van der Waals surface area contributed by atoms with Crippen molar-refractivity contribution in [3.63, 3.8) is 0 Å². The number of rotatable bonds is 6. The van der Waals surface area contributed by atoms with Crippen molar-refractivity contribution in [2.24, 2.45) is 0 Å². The first-order valence-corrected chi connectivity index (χ1v) is 9.57. The van der Waals surface area contributed by atoms with Crippen LogP contribution in [0.5, 0.6) is 0 Å². The molecular weight excluding hydrogens is 401 g/mol. The van der Waals surface area contributed by atoms with Crippen molar-refractivity contribution in [3.05, 3.63) is 81.0 Å². The van der Waals surface area contributed by atoms with Crippen LogP contribution in [-0.2, 0) is 27.3 Å². The van der Waals surface area contributed by atoms with Crippen LogP contribution in [0, 0.1) is 0 Å². The van der Waals surface area contributed by atoms with E-state index < -0.39 is 17.9 Å². The number of benzene rings is 2. The number of halogens is 2. The van der Waals surface area contributed by atoms with E-state index >= 15 is 0 Å². The van der Waals surface area contributed by atoms with Crippen molar-refractivity contribution in [3.8, 4) is 0 Å². The summed E-state index contributed by atoms with van der Waals surface area (Å²) in [6.45, 7) is 1.92. The zero-order valence-electron chi connectivity index (χ0n) is 15.2. The quantitative estimate of drug-likeness (QED) is 0.558. The van der Waals surface area contributed by atoms with Gasteiger partial charge in [0.05, 0.1) is 22.7 Å². The Bertz CT molecular complexity index is 927. The largest absolute Gasteiger partial charge is 0.509 e. The van der Waals surface area contributed by atoms with E-state index in [4.69, 9.17) is 27.9 Å². The van der Waals surface area contributed by atoms with E-state index in [0.717, 1.165) is 11.1 Å². The Morgan fingerprint density at radius 3 is 2.46 bits per heavy atom. The first kappa shape index (κ1) is 20.2. The minimum atomic E-state index is -0.820. The molecule has 1 heterocycles. The maximum atomic E-state index is 12.9. The van der Waals surface area contributed by atoms with Gasteiger partial charge in [0.15, 0.2) is 5.57 Å². The molecule has 0 radical (unpaired) electrons. The van der Waals surface area contributed by atoms with Gasteiger partial charge in [0.1, 0.15) is 5.76 Å². The van der Waals surface area contributed by atoms with Crippen LogP contribution < -0.4 is 0 Å². The van der Waals surface area contributed by atoms with E-state index in [2.05, 4.69) is 0 Å². The normalized spacial score (nSPS) is 16.6. The molecule has 7 heteroatoms. The van der Waals surface area contributed by atoms with Gasteiger partial charge in [0.2, 0.25) is 0 Å². The van der Waals surface area contributed by atoms with Crippen LogP contribution in [0.25, 0.3) is 0 Å². The number of ether oxygens (including phenoxy) is 1. The second kappa shape index (κ2) is 8.67. The van der Waals surface area contributed by atoms with E-state index in [1.54, 1.807) is 25.1 Å². The molecule has 3 rings (SSSR count). The Kier molecular flexibility index (Phi) is 6.27. The molecule has 2 aromatic carbocycles. The fraction of sp³-hybridized carbons (Fsp3) is 0.238. The lowest BCUT2D eigenvalue weighted by Crippen LogP contribution is -2.37. The molecule has 0 spiro atoms. The average molecular weight is 420 g/mol. The molecule has 0 saturated heterocycles. The van der Waals surface area contributed by atoms with Gasteiger partial charge in [-0.25, -0.2) is 4.79 Å². The summed E-state index contributed by atoms with van der Waals surface area (Å²) in [5, 5.41) is 11.5. The van der Waals surface area contributed by atoms with Gasteiger partial charge in [0, 0.05) is 13.0 Å². The molecule has 1 amide bonds. The number of carbonyl (C=O) groups excluding carboxylic acids is 2. The smallest absolute Gasteiger partial charge is 0.347 e. The minimum Gasteiger partial charge on any atom is -0.509 e. The van der Waals surface area contributed by atoms with Gasteiger partial charge in [-0.05, 0) is 30.2 Å². The number of hydrogen-bond donors (Lipinski definition) is 1. The van der Waals surface area contributed by atoms with Crippen LogP contribution in [0.4, 0.5) is 0 Å². The summed E-state index contributed by atoms with van der Waals surface area (Å²) in [5.41, 5.74) is 1.35. The van der Waals surface area contributed by atoms with Crippen molar-refractivity contribution < 1.29 is 19.4 Å². The van der Waals surface area contributed by atoms with Gasteiger partial charge in [-0.1, -0.05) is 59.6 Å². The third-order valence-electron chi connectivity index (χ3n) is 4.51. The molecule has 0 unspecified atom stereocenters. The highest BCUT2D eigenvalue weighted by molar-refractivity contribution is 6.42. The molecule has 0 aromatic heterocycles. The molecule has 1 atom stereocenters. The van der Waals surface area contributed by atoms with Crippen LogP contribution >= 0.6 is 23.2 Å². The van der Waals surface area contributed by atoms with Crippen LogP contribution in [0.1, 0.15) is 18.1 Å². The van der Waals surface area contributed by atoms with Gasteiger partial charge < -0.3 is 14.7 Å². The fourth-order valence-corrected chi connectivity index (χ4v) is 3.49. The Morgan fingerprint density at radius 2 is 1.82 bits per heavy atom. The molecule has 2 aromatic rings. The number of esters is 1. The summed E-state index contributed by atoms with van der Waals surface area (Å²) in [6, 6.07) is 13.8. The molecular formula is C21H19Cl2NO4. The zero-order chi connectivity index (χ0) is 20.3. The van der Waals surface area contributed by atoms with Crippen LogP contribution in [-0.4, -0.2) is 34.5 Å². The van der Waals surface area contributed by atoms with Crippen LogP contribution in [0.3, 0.4) is 0 Å². The topological polar surface area (TPSA) is 66.8 Å². The average Bonchev–Trinajstić information content (AvgIpc) is 2.90. The summed E-state index contributed by atoms with van der Waals surface area (Å²) in [5.74, 6) is -1.66. The van der Waals surface area contributed by atoms with E-state index in [1.165, 1.54) is 4.90 Å². The van der Waals surface area contributed by atoms with Crippen molar-refractivity contribution in [2.45, 2.75) is 25.9 Å². The highest BCUT2D eigenvalue weighted by atomic mass is 35.5. The monoisotopic (exact) mass is 419 g/mol. The minimum absolute atomic E-state index is 0.110. The fourth-order valence-electron chi connectivity index (χ4n) is 3.16. The standard InChI is InChI=1S/C21H19Cl2NO4/c1-2-28-21(27)18-19(25)17(11-13-6-4-3-5-7-13)24(20(18)26)12-14-8-9-15(22)16(23)10-14/h3-10,17,25H,2,11-12H2,1H3/t17-/m1/s1. The maximum absolute atomic E-state index is 12.9. The number of aliphatic hydroxyl groups is 1. The Balaban J connectivity index is 1.94. The third-order valence-corrected chi connectivity index (χ3v) is 5.25. The van der Waals surface area contributed by atoms with Gasteiger partial charge in [-0.15, -0.1) is 0 Å². The highest BCUT2D eigenvalue weighted by Crippen LogP contribution is 2.31. The summed E-state index contributed by atoms with van der Waals surface area (Å²) in [4.78, 5) is 26.6. The molecule has 146 valence electrons. The number of carbonyl (C=O) groups is 2. The zero-order valence-corrected chi connectivity index (χ0v) is 16.7. The van der Waals surface area contributed by atoms with Crippen molar-refractivity contribution in [2.75, 3.05) is 6.61 Å². The second-order valence-corrected chi connectivity index (χ2v) is 7.18. The van der Waals surface area contributed by atoms with E-state index in [1.807, 2.05) is 30.3 Å². The first-order valence-electron chi connectivity index (χ1n) is 8.81. The Morgan fingerprint density at radius 1 is 1.11 bits per heavy atom. The maximum Gasteiger partial charge on any atom is 0.347 e. The predicted molar refractivity (Wildman–Crippen MR) is 107 cm³/mol. The van der Waals surface area contributed by atoms with Gasteiger partial charge >= 0.3 is 5.97 Å². The number of aliphatic hydroxyl groups excluding tert-OH is 1. The predicted octanol–water partition coefficient (Wildman–Crippen LogP) is 4.32. The van der Waals surface area contributed by atoms with Gasteiger partial charge in [0.25, 0.3) is 5.91 Å².